The second kappa shape index (κ2) is 8.09. The zero-order valence-electron chi connectivity index (χ0n) is 14.9. The van der Waals surface area contributed by atoms with Gasteiger partial charge in [0.15, 0.2) is 0 Å². The lowest BCUT2D eigenvalue weighted by Crippen LogP contribution is -2.18. The minimum absolute atomic E-state index is 0.205. The maximum absolute atomic E-state index is 12.9. The van der Waals surface area contributed by atoms with Crippen LogP contribution in [0.2, 0.25) is 0 Å². The van der Waals surface area contributed by atoms with E-state index in [4.69, 9.17) is 14.5 Å². The van der Waals surface area contributed by atoms with E-state index in [9.17, 15) is 4.79 Å². The van der Waals surface area contributed by atoms with Crippen LogP contribution in [-0.4, -0.2) is 24.2 Å². The van der Waals surface area contributed by atoms with E-state index in [0.717, 1.165) is 58.1 Å². The number of hydrogen-bond acceptors (Lipinski definition) is 4. The first-order valence-electron chi connectivity index (χ1n) is 9.18. The molecule has 138 valence electrons. The molecule has 2 aromatic carbocycles. The highest BCUT2D eigenvalue weighted by atomic mass is 79.9. The summed E-state index contributed by atoms with van der Waals surface area (Å²) in [5.74, 6) is 0.455. The highest BCUT2D eigenvalue weighted by Gasteiger charge is 2.23. The molecule has 0 N–H and O–H groups in total. The van der Waals surface area contributed by atoms with E-state index >= 15 is 0 Å². The van der Waals surface area contributed by atoms with Crippen molar-refractivity contribution in [3.05, 3.63) is 69.8 Å². The van der Waals surface area contributed by atoms with Gasteiger partial charge in [-0.25, -0.2) is 4.79 Å². The fraction of sp³-hybridized carbons (Fsp3) is 0.273. The van der Waals surface area contributed by atoms with E-state index < -0.39 is 0 Å². The fourth-order valence-corrected chi connectivity index (χ4v) is 3.91. The summed E-state index contributed by atoms with van der Waals surface area (Å²) < 4.78 is 12.2. The lowest BCUT2D eigenvalue weighted by atomic mass is 9.90. The first-order valence-corrected chi connectivity index (χ1v) is 9.97. The molecule has 0 bridgehead atoms. The standard InChI is InChI=1S/C22H20BrNO3/c23-15-6-5-7-16(14-15)26-12-13-27-22(25)21-17-8-1-3-10-19(17)24-20-11-4-2-9-18(20)21/h1,3,5-8,10,14H,2,4,9,11-13H2. The van der Waals surface area contributed by atoms with Crippen molar-refractivity contribution in [1.82, 2.24) is 4.98 Å². The highest BCUT2D eigenvalue weighted by molar-refractivity contribution is 9.10. The number of fused-ring (bicyclic) bond motifs is 2. The monoisotopic (exact) mass is 425 g/mol. The van der Waals surface area contributed by atoms with Gasteiger partial charge in [-0.2, -0.15) is 0 Å². The zero-order chi connectivity index (χ0) is 18.6. The van der Waals surface area contributed by atoms with Crippen LogP contribution in [0.4, 0.5) is 0 Å². The number of pyridine rings is 1. The van der Waals surface area contributed by atoms with Crippen LogP contribution >= 0.6 is 15.9 Å². The Hall–Kier alpha value is -2.40. The predicted octanol–water partition coefficient (Wildman–Crippen LogP) is 5.11. The summed E-state index contributed by atoms with van der Waals surface area (Å²) in [6, 6.07) is 15.4. The summed E-state index contributed by atoms with van der Waals surface area (Å²) >= 11 is 3.41. The Morgan fingerprint density at radius 1 is 1.04 bits per heavy atom. The maximum atomic E-state index is 12.9. The molecule has 1 aromatic heterocycles. The van der Waals surface area contributed by atoms with Crippen molar-refractivity contribution in [1.29, 1.82) is 0 Å². The van der Waals surface area contributed by atoms with Crippen molar-refractivity contribution >= 4 is 32.8 Å². The van der Waals surface area contributed by atoms with Gasteiger partial charge in [-0.3, -0.25) is 4.98 Å². The number of benzene rings is 2. The molecule has 0 saturated heterocycles. The minimum atomic E-state index is -0.287. The van der Waals surface area contributed by atoms with Gasteiger partial charge < -0.3 is 9.47 Å². The molecular formula is C22H20BrNO3. The van der Waals surface area contributed by atoms with Crippen LogP contribution in [0.15, 0.2) is 53.0 Å². The average molecular weight is 426 g/mol. The van der Waals surface area contributed by atoms with E-state index in [1.165, 1.54) is 0 Å². The molecule has 0 unspecified atom stereocenters. The van der Waals surface area contributed by atoms with Crippen LogP contribution in [0.5, 0.6) is 5.75 Å². The van der Waals surface area contributed by atoms with Crippen molar-refractivity contribution in [2.24, 2.45) is 0 Å². The minimum Gasteiger partial charge on any atom is -0.490 e. The normalized spacial score (nSPS) is 13.2. The summed E-state index contributed by atoms with van der Waals surface area (Å²) in [7, 11) is 0. The Labute approximate surface area is 166 Å². The maximum Gasteiger partial charge on any atom is 0.339 e. The second-order valence-electron chi connectivity index (χ2n) is 6.58. The number of hydrogen-bond donors (Lipinski definition) is 0. The van der Waals surface area contributed by atoms with Crippen molar-refractivity contribution in [3.63, 3.8) is 0 Å². The molecule has 3 aromatic rings. The largest absolute Gasteiger partial charge is 0.490 e. The molecule has 1 heterocycles. The summed E-state index contributed by atoms with van der Waals surface area (Å²) in [4.78, 5) is 17.6. The van der Waals surface area contributed by atoms with Gasteiger partial charge >= 0.3 is 5.97 Å². The van der Waals surface area contributed by atoms with E-state index in [0.29, 0.717) is 12.2 Å². The van der Waals surface area contributed by atoms with Crippen LogP contribution in [0, 0.1) is 0 Å². The van der Waals surface area contributed by atoms with Crippen LogP contribution in [0.1, 0.15) is 34.5 Å². The molecule has 1 aliphatic rings. The number of ether oxygens (including phenoxy) is 2. The number of aryl methyl sites for hydroxylation is 1. The molecule has 0 fully saturated rings. The first kappa shape index (κ1) is 18.0. The Morgan fingerprint density at radius 3 is 2.78 bits per heavy atom. The van der Waals surface area contributed by atoms with Crippen molar-refractivity contribution in [2.45, 2.75) is 25.7 Å². The average Bonchev–Trinajstić information content (AvgIpc) is 2.69. The Balaban J connectivity index is 1.50. The van der Waals surface area contributed by atoms with Gasteiger partial charge in [0.25, 0.3) is 0 Å². The predicted molar refractivity (Wildman–Crippen MR) is 108 cm³/mol. The topological polar surface area (TPSA) is 48.4 Å². The molecule has 0 radical (unpaired) electrons. The fourth-order valence-electron chi connectivity index (χ4n) is 3.53. The third-order valence-corrected chi connectivity index (χ3v) is 5.25. The molecule has 5 heteroatoms. The number of esters is 1. The molecule has 0 saturated carbocycles. The number of para-hydroxylation sites is 1. The molecule has 1 aliphatic carbocycles. The molecule has 0 aliphatic heterocycles. The van der Waals surface area contributed by atoms with Crippen molar-refractivity contribution in [3.8, 4) is 5.75 Å². The number of carbonyl (C=O) groups is 1. The van der Waals surface area contributed by atoms with E-state index in [1.807, 2.05) is 48.5 Å². The summed E-state index contributed by atoms with van der Waals surface area (Å²) in [6.45, 7) is 0.518. The Bertz CT molecular complexity index is 986. The highest BCUT2D eigenvalue weighted by Crippen LogP contribution is 2.29. The summed E-state index contributed by atoms with van der Waals surface area (Å²) in [6.07, 6.45) is 4.01. The second-order valence-corrected chi connectivity index (χ2v) is 7.49. The van der Waals surface area contributed by atoms with Crippen LogP contribution in [-0.2, 0) is 17.6 Å². The third-order valence-electron chi connectivity index (χ3n) is 4.75. The number of carbonyl (C=O) groups excluding carboxylic acids is 1. The molecule has 0 spiro atoms. The van der Waals surface area contributed by atoms with Crippen LogP contribution in [0.3, 0.4) is 0 Å². The van der Waals surface area contributed by atoms with Gasteiger partial charge in [0.05, 0.1) is 11.1 Å². The van der Waals surface area contributed by atoms with Gasteiger partial charge in [0, 0.05) is 15.6 Å². The summed E-state index contributed by atoms with van der Waals surface area (Å²) in [5, 5.41) is 0.871. The van der Waals surface area contributed by atoms with Gasteiger partial charge in [0.1, 0.15) is 19.0 Å². The molecule has 4 nitrogen and oxygen atoms in total. The summed E-state index contributed by atoms with van der Waals surface area (Å²) in [5.41, 5.74) is 3.63. The van der Waals surface area contributed by atoms with Gasteiger partial charge in [-0.05, 0) is 55.5 Å². The first-order chi connectivity index (χ1) is 13.2. The lowest BCUT2D eigenvalue weighted by molar-refractivity contribution is 0.0451. The van der Waals surface area contributed by atoms with Gasteiger partial charge in [0.2, 0.25) is 0 Å². The number of halogens is 1. The van der Waals surface area contributed by atoms with Crippen molar-refractivity contribution < 1.29 is 14.3 Å². The van der Waals surface area contributed by atoms with Gasteiger partial charge in [-0.15, -0.1) is 0 Å². The van der Waals surface area contributed by atoms with E-state index in [2.05, 4.69) is 15.9 Å². The van der Waals surface area contributed by atoms with Crippen molar-refractivity contribution in [2.75, 3.05) is 13.2 Å². The number of aromatic nitrogens is 1. The molecule has 4 rings (SSSR count). The van der Waals surface area contributed by atoms with Crippen LogP contribution in [0.25, 0.3) is 10.9 Å². The molecular weight excluding hydrogens is 406 g/mol. The number of rotatable bonds is 5. The third kappa shape index (κ3) is 3.98. The quantitative estimate of drug-likeness (QED) is 0.420. The SMILES string of the molecule is O=C(OCCOc1cccc(Br)c1)c1c2c(nc3ccccc13)CCCC2. The molecule has 27 heavy (non-hydrogen) atoms. The molecule has 0 amide bonds. The Kier molecular flexibility index (Phi) is 5.39. The van der Waals surface area contributed by atoms with E-state index in [1.54, 1.807) is 0 Å². The lowest BCUT2D eigenvalue weighted by Gasteiger charge is -2.20. The van der Waals surface area contributed by atoms with E-state index in [-0.39, 0.29) is 12.6 Å². The molecule has 0 atom stereocenters. The Morgan fingerprint density at radius 2 is 1.89 bits per heavy atom. The van der Waals surface area contributed by atoms with Gasteiger partial charge in [-0.1, -0.05) is 40.2 Å². The number of nitrogens with zero attached hydrogens (tertiary/aromatic N) is 1. The zero-order valence-corrected chi connectivity index (χ0v) is 16.5. The van der Waals surface area contributed by atoms with Crippen LogP contribution < -0.4 is 4.74 Å². The smallest absolute Gasteiger partial charge is 0.339 e.